The molecule has 2 N–H and O–H groups in total. The molecule has 2 amide bonds. The molecule has 1 aliphatic heterocycles. The largest absolute Gasteiger partial charge is 0.493 e. The zero-order valence-corrected chi connectivity index (χ0v) is 23.6. The van der Waals surface area contributed by atoms with Crippen molar-refractivity contribution in [1.82, 2.24) is 19.9 Å². The van der Waals surface area contributed by atoms with Gasteiger partial charge in [0.2, 0.25) is 11.8 Å². The van der Waals surface area contributed by atoms with Gasteiger partial charge in [-0.3, -0.25) is 14.6 Å². The smallest absolute Gasteiger partial charge is 0.433 e. The summed E-state index contributed by atoms with van der Waals surface area (Å²) >= 11 is 0. The zero-order chi connectivity index (χ0) is 30.7. The third-order valence-corrected chi connectivity index (χ3v) is 7.67. The number of alkyl halides is 3. The lowest BCUT2D eigenvalue weighted by atomic mass is 9.90. The van der Waals surface area contributed by atoms with Crippen molar-refractivity contribution in [3.05, 3.63) is 77.9 Å². The fourth-order valence-electron chi connectivity index (χ4n) is 5.29. The number of carbonyl (C=O) groups excluding carboxylic acids is 2. The van der Waals surface area contributed by atoms with Crippen LogP contribution in [0.1, 0.15) is 42.5 Å². The number of piperidine rings is 1. The Morgan fingerprint density at radius 1 is 1.00 bits per heavy atom. The third-order valence-electron chi connectivity index (χ3n) is 7.67. The molecule has 12 heteroatoms. The van der Waals surface area contributed by atoms with Crippen LogP contribution in [0.4, 0.5) is 13.2 Å². The van der Waals surface area contributed by atoms with Gasteiger partial charge in [0.05, 0.1) is 30.8 Å². The molecule has 43 heavy (non-hydrogen) atoms. The lowest BCUT2D eigenvalue weighted by Crippen LogP contribution is -2.38. The second kappa shape index (κ2) is 12.2. The molecule has 1 unspecified atom stereocenters. The first kappa shape index (κ1) is 29.7. The average Bonchev–Trinajstić information content (AvgIpc) is 2.99. The summed E-state index contributed by atoms with van der Waals surface area (Å²) in [6.07, 6.45) is -0.398. The molecule has 5 rings (SSSR count). The number of rotatable bonds is 8. The molecular formula is C31H30F3N5O4. The summed E-state index contributed by atoms with van der Waals surface area (Å²) in [5.41, 5.74) is 7.31. The number of hydrogen-bond donors (Lipinski definition) is 1. The van der Waals surface area contributed by atoms with Crippen LogP contribution in [0.5, 0.6) is 11.5 Å². The summed E-state index contributed by atoms with van der Waals surface area (Å²) in [5, 5.41) is 0.715. The number of benzene rings is 2. The van der Waals surface area contributed by atoms with Gasteiger partial charge < -0.3 is 20.1 Å². The second-order valence-electron chi connectivity index (χ2n) is 10.4. The summed E-state index contributed by atoms with van der Waals surface area (Å²) in [4.78, 5) is 38.1. The number of nitrogens with two attached hydrogens (primary N) is 1. The maximum absolute atomic E-state index is 12.9. The Morgan fingerprint density at radius 2 is 1.70 bits per heavy atom. The first-order valence-corrected chi connectivity index (χ1v) is 13.7. The van der Waals surface area contributed by atoms with Gasteiger partial charge in [-0.2, -0.15) is 13.2 Å². The summed E-state index contributed by atoms with van der Waals surface area (Å²) in [6.45, 7) is 3.51. The monoisotopic (exact) mass is 593 g/mol. The number of hydrogen-bond acceptors (Lipinski definition) is 7. The molecule has 0 bridgehead atoms. The second-order valence-corrected chi connectivity index (χ2v) is 10.4. The van der Waals surface area contributed by atoms with Crippen molar-refractivity contribution >= 4 is 22.7 Å². The van der Waals surface area contributed by atoms with Crippen LogP contribution in [0.15, 0.2) is 61.1 Å². The van der Waals surface area contributed by atoms with Crippen molar-refractivity contribution in [3.63, 3.8) is 0 Å². The van der Waals surface area contributed by atoms with Crippen LogP contribution in [0, 0.1) is 5.92 Å². The van der Waals surface area contributed by atoms with E-state index in [-0.39, 0.29) is 11.5 Å². The van der Waals surface area contributed by atoms with Crippen LogP contribution < -0.4 is 15.2 Å². The Morgan fingerprint density at radius 3 is 2.28 bits per heavy atom. The standard InChI is InChI=1S/C31H30F3N5O4/c1-18(40)39-11-9-19(10-12-39)16-43-26-14-24-23(13-25(26)42-2)29(38-17-37-24)21-5-3-20(4-6-21)28(30(35)41)22-7-8-27(36-15-22)31(32,33)34/h3-8,13-15,17,19,28H,9-12,16H2,1-2H3,(H2,35,41). The van der Waals surface area contributed by atoms with Gasteiger partial charge in [0.1, 0.15) is 12.0 Å². The number of likely N-dealkylation sites (tertiary alicyclic amines) is 1. The molecule has 2 aromatic carbocycles. The van der Waals surface area contributed by atoms with Gasteiger partial charge in [0, 0.05) is 43.2 Å². The van der Waals surface area contributed by atoms with Gasteiger partial charge >= 0.3 is 6.18 Å². The van der Waals surface area contributed by atoms with E-state index >= 15 is 0 Å². The van der Waals surface area contributed by atoms with Crippen molar-refractivity contribution in [1.29, 1.82) is 0 Å². The molecule has 0 saturated carbocycles. The van der Waals surface area contributed by atoms with E-state index in [4.69, 9.17) is 15.2 Å². The Bertz CT molecular complexity index is 1620. The van der Waals surface area contributed by atoms with E-state index in [1.165, 1.54) is 12.4 Å². The highest BCUT2D eigenvalue weighted by Gasteiger charge is 2.33. The molecule has 1 fully saturated rings. The molecule has 3 heterocycles. The molecular weight excluding hydrogens is 563 g/mol. The van der Waals surface area contributed by atoms with Crippen molar-refractivity contribution in [2.45, 2.75) is 31.9 Å². The van der Waals surface area contributed by atoms with Crippen LogP contribution in [0.2, 0.25) is 0 Å². The number of halogens is 3. The van der Waals surface area contributed by atoms with Gasteiger partial charge in [-0.25, -0.2) is 9.97 Å². The normalized spacial score (nSPS) is 14.9. The molecule has 4 aromatic rings. The van der Waals surface area contributed by atoms with Gasteiger partial charge in [-0.05, 0) is 42.0 Å². The lowest BCUT2D eigenvalue weighted by molar-refractivity contribution is -0.141. The molecule has 0 aliphatic carbocycles. The summed E-state index contributed by atoms with van der Waals surface area (Å²) in [5.74, 6) is -0.227. The van der Waals surface area contributed by atoms with Gasteiger partial charge in [0.15, 0.2) is 11.5 Å². The van der Waals surface area contributed by atoms with E-state index < -0.39 is 23.7 Å². The van der Waals surface area contributed by atoms with E-state index in [9.17, 15) is 22.8 Å². The first-order chi connectivity index (χ1) is 20.5. The molecule has 1 atom stereocenters. The molecule has 224 valence electrons. The highest BCUT2D eigenvalue weighted by Crippen LogP contribution is 2.37. The Hall–Kier alpha value is -4.74. The number of fused-ring (bicyclic) bond motifs is 1. The van der Waals surface area contributed by atoms with Crippen LogP contribution in [0.3, 0.4) is 0 Å². The number of primary amides is 1. The maximum Gasteiger partial charge on any atom is 0.433 e. The zero-order valence-electron chi connectivity index (χ0n) is 23.6. The van der Waals surface area contributed by atoms with Crippen molar-refractivity contribution in [2.75, 3.05) is 26.8 Å². The van der Waals surface area contributed by atoms with E-state index in [1.807, 2.05) is 11.0 Å². The van der Waals surface area contributed by atoms with Crippen LogP contribution in [-0.2, 0) is 15.8 Å². The number of nitrogens with zero attached hydrogens (tertiary/aromatic N) is 4. The van der Waals surface area contributed by atoms with Crippen molar-refractivity contribution < 1.29 is 32.2 Å². The number of aromatic nitrogens is 3. The van der Waals surface area contributed by atoms with Crippen molar-refractivity contribution in [3.8, 4) is 22.8 Å². The number of ether oxygens (including phenoxy) is 2. The molecule has 0 radical (unpaired) electrons. The van der Waals surface area contributed by atoms with Crippen LogP contribution in [-0.4, -0.2) is 58.5 Å². The summed E-state index contributed by atoms with van der Waals surface area (Å²) in [7, 11) is 1.55. The summed E-state index contributed by atoms with van der Waals surface area (Å²) < 4.78 is 50.6. The molecule has 1 saturated heterocycles. The minimum Gasteiger partial charge on any atom is -0.493 e. The first-order valence-electron chi connectivity index (χ1n) is 13.7. The Labute approximate surface area is 245 Å². The highest BCUT2D eigenvalue weighted by molar-refractivity contribution is 5.94. The summed E-state index contributed by atoms with van der Waals surface area (Å²) in [6, 6.07) is 12.5. The fraction of sp³-hybridized carbons (Fsp3) is 0.323. The Balaban J connectivity index is 1.38. The number of pyridine rings is 1. The Kier molecular flexibility index (Phi) is 8.47. The average molecular weight is 594 g/mol. The quantitative estimate of drug-likeness (QED) is 0.306. The van der Waals surface area contributed by atoms with Gasteiger partial charge in [-0.15, -0.1) is 0 Å². The minimum atomic E-state index is -4.59. The van der Waals surface area contributed by atoms with Crippen LogP contribution >= 0.6 is 0 Å². The molecule has 1 aliphatic rings. The maximum atomic E-state index is 12.9. The fourth-order valence-corrected chi connectivity index (χ4v) is 5.29. The van der Waals surface area contributed by atoms with Gasteiger partial charge in [-0.1, -0.05) is 30.3 Å². The molecule has 0 spiro atoms. The third kappa shape index (κ3) is 6.52. The van der Waals surface area contributed by atoms with E-state index in [0.717, 1.165) is 43.8 Å². The van der Waals surface area contributed by atoms with E-state index in [2.05, 4.69) is 15.0 Å². The number of amides is 2. The number of methoxy groups -OCH3 is 1. The highest BCUT2D eigenvalue weighted by atomic mass is 19.4. The number of carbonyl (C=O) groups is 2. The molecule has 9 nitrogen and oxygen atoms in total. The SMILES string of the molecule is COc1cc2c(-c3ccc(C(C(N)=O)c4ccc(C(F)(F)F)nc4)cc3)ncnc2cc1OCC1CCN(C(C)=O)CC1. The topological polar surface area (TPSA) is 121 Å². The van der Waals surface area contributed by atoms with E-state index in [1.54, 1.807) is 44.4 Å². The lowest BCUT2D eigenvalue weighted by Gasteiger charge is -2.31. The van der Waals surface area contributed by atoms with Crippen molar-refractivity contribution in [2.24, 2.45) is 11.7 Å². The van der Waals surface area contributed by atoms with E-state index in [0.29, 0.717) is 46.2 Å². The predicted molar refractivity (Wildman–Crippen MR) is 152 cm³/mol. The van der Waals surface area contributed by atoms with Gasteiger partial charge in [0.25, 0.3) is 0 Å². The predicted octanol–water partition coefficient (Wildman–Crippen LogP) is 4.97. The van der Waals surface area contributed by atoms with Crippen LogP contribution in [0.25, 0.3) is 22.2 Å². The molecule has 2 aromatic heterocycles. The minimum absolute atomic E-state index is 0.0878.